The fourth-order valence-electron chi connectivity index (χ4n) is 2.86. The minimum Gasteiger partial charge on any atom is -0.338 e. The van der Waals surface area contributed by atoms with Gasteiger partial charge in [-0.05, 0) is 32.0 Å². The Morgan fingerprint density at radius 3 is 2.96 bits per heavy atom. The van der Waals surface area contributed by atoms with E-state index in [-0.39, 0.29) is 30.7 Å². The van der Waals surface area contributed by atoms with Crippen LogP contribution < -0.4 is 5.32 Å². The number of pyridine rings is 1. The SMILES string of the molecule is CNCC1CCCN1C(=O)Cc1csc(-c2ccccn2)n1.Cl.Cl. The summed E-state index contributed by atoms with van der Waals surface area (Å²) in [4.78, 5) is 23.3. The fraction of sp³-hybridized carbons (Fsp3) is 0.438. The van der Waals surface area contributed by atoms with Crippen LogP contribution in [0.1, 0.15) is 18.5 Å². The molecule has 0 spiro atoms. The first kappa shape index (κ1) is 20.8. The number of nitrogens with one attached hydrogen (secondary N) is 1. The molecule has 8 heteroatoms. The van der Waals surface area contributed by atoms with Crippen LogP contribution >= 0.6 is 36.2 Å². The van der Waals surface area contributed by atoms with E-state index in [1.807, 2.05) is 35.5 Å². The highest BCUT2D eigenvalue weighted by Crippen LogP contribution is 2.23. The molecule has 5 nitrogen and oxygen atoms in total. The van der Waals surface area contributed by atoms with Crippen LogP contribution in [0.3, 0.4) is 0 Å². The third kappa shape index (κ3) is 4.89. The maximum absolute atomic E-state index is 12.5. The van der Waals surface area contributed by atoms with Crippen LogP contribution in [0.15, 0.2) is 29.8 Å². The van der Waals surface area contributed by atoms with Gasteiger partial charge in [0.25, 0.3) is 0 Å². The van der Waals surface area contributed by atoms with E-state index >= 15 is 0 Å². The second-order valence-corrected chi connectivity index (χ2v) is 6.33. The molecule has 0 aliphatic carbocycles. The minimum atomic E-state index is 0. The number of carbonyl (C=O) groups excluding carboxylic acids is 1. The minimum absolute atomic E-state index is 0. The van der Waals surface area contributed by atoms with E-state index in [0.29, 0.717) is 12.5 Å². The summed E-state index contributed by atoms with van der Waals surface area (Å²) >= 11 is 1.54. The molecule has 24 heavy (non-hydrogen) atoms. The van der Waals surface area contributed by atoms with Crippen LogP contribution in [0.5, 0.6) is 0 Å². The first-order valence-corrected chi connectivity index (χ1v) is 8.46. The third-order valence-electron chi connectivity index (χ3n) is 3.91. The lowest BCUT2D eigenvalue weighted by atomic mass is 10.2. The van der Waals surface area contributed by atoms with Crippen molar-refractivity contribution in [3.63, 3.8) is 0 Å². The van der Waals surface area contributed by atoms with E-state index in [1.165, 1.54) is 0 Å². The summed E-state index contributed by atoms with van der Waals surface area (Å²) < 4.78 is 0. The summed E-state index contributed by atoms with van der Waals surface area (Å²) in [5, 5.41) is 6.00. The van der Waals surface area contributed by atoms with E-state index in [9.17, 15) is 4.79 Å². The van der Waals surface area contributed by atoms with E-state index < -0.39 is 0 Å². The molecule has 1 saturated heterocycles. The van der Waals surface area contributed by atoms with Crippen LogP contribution in [-0.2, 0) is 11.2 Å². The lowest BCUT2D eigenvalue weighted by Crippen LogP contribution is -2.41. The molecule has 1 unspecified atom stereocenters. The van der Waals surface area contributed by atoms with Crippen molar-refractivity contribution in [3.05, 3.63) is 35.5 Å². The van der Waals surface area contributed by atoms with Crippen molar-refractivity contribution in [2.24, 2.45) is 0 Å². The number of carbonyl (C=O) groups is 1. The highest BCUT2D eigenvalue weighted by Gasteiger charge is 2.28. The zero-order valence-electron chi connectivity index (χ0n) is 13.5. The summed E-state index contributed by atoms with van der Waals surface area (Å²) in [5.74, 6) is 0.177. The molecule has 2 aromatic rings. The number of nitrogens with zero attached hydrogens (tertiary/aromatic N) is 3. The van der Waals surface area contributed by atoms with Crippen molar-refractivity contribution in [1.82, 2.24) is 20.2 Å². The fourth-order valence-corrected chi connectivity index (χ4v) is 3.66. The van der Waals surface area contributed by atoms with Gasteiger partial charge >= 0.3 is 0 Å². The van der Waals surface area contributed by atoms with E-state index in [1.54, 1.807) is 17.5 Å². The van der Waals surface area contributed by atoms with Crippen molar-refractivity contribution in [1.29, 1.82) is 0 Å². The number of hydrogen-bond acceptors (Lipinski definition) is 5. The lowest BCUT2D eigenvalue weighted by molar-refractivity contribution is -0.131. The van der Waals surface area contributed by atoms with E-state index in [4.69, 9.17) is 0 Å². The zero-order chi connectivity index (χ0) is 15.4. The Kier molecular flexibility index (Phi) is 8.62. The molecule has 3 rings (SSSR count). The molecule has 2 aromatic heterocycles. The van der Waals surface area contributed by atoms with Crippen LogP contribution in [-0.4, -0.2) is 47.0 Å². The number of hydrogen-bond donors (Lipinski definition) is 1. The van der Waals surface area contributed by atoms with Crippen LogP contribution in [0, 0.1) is 0 Å². The molecule has 1 aliphatic heterocycles. The smallest absolute Gasteiger partial charge is 0.228 e. The molecule has 3 heterocycles. The average Bonchev–Trinajstić information content (AvgIpc) is 3.18. The number of thiazole rings is 1. The van der Waals surface area contributed by atoms with Crippen molar-refractivity contribution in [2.45, 2.75) is 25.3 Å². The molecular formula is C16H22Cl2N4OS. The Bertz CT molecular complexity index is 638. The third-order valence-corrected chi connectivity index (χ3v) is 4.82. The second kappa shape index (κ2) is 9.93. The number of aromatic nitrogens is 2. The number of amides is 1. The molecule has 1 fully saturated rings. The maximum atomic E-state index is 12.5. The monoisotopic (exact) mass is 388 g/mol. The molecule has 1 aliphatic rings. The van der Waals surface area contributed by atoms with Gasteiger partial charge in [-0.3, -0.25) is 9.78 Å². The normalized spacial score (nSPS) is 16.4. The average molecular weight is 389 g/mol. The van der Waals surface area contributed by atoms with Crippen molar-refractivity contribution >= 4 is 42.1 Å². The maximum Gasteiger partial charge on any atom is 0.228 e. The number of rotatable bonds is 5. The summed E-state index contributed by atoms with van der Waals surface area (Å²) in [6.07, 6.45) is 4.31. The van der Waals surface area contributed by atoms with Gasteiger partial charge in [0.15, 0.2) is 0 Å². The van der Waals surface area contributed by atoms with E-state index in [2.05, 4.69) is 15.3 Å². The first-order valence-electron chi connectivity index (χ1n) is 7.58. The Morgan fingerprint density at radius 2 is 2.25 bits per heavy atom. The van der Waals surface area contributed by atoms with Gasteiger partial charge < -0.3 is 10.2 Å². The lowest BCUT2D eigenvalue weighted by Gasteiger charge is -2.24. The van der Waals surface area contributed by atoms with Crippen molar-refractivity contribution in [3.8, 4) is 10.7 Å². The summed E-state index contributed by atoms with van der Waals surface area (Å²) in [6, 6.07) is 6.10. The van der Waals surface area contributed by atoms with Gasteiger partial charge in [-0.2, -0.15) is 0 Å². The zero-order valence-corrected chi connectivity index (χ0v) is 15.9. The molecule has 0 aromatic carbocycles. The van der Waals surface area contributed by atoms with Crippen molar-refractivity contribution < 1.29 is 4.79 Å². The van der Waals surface area contributed by atoms with Crippen molar-refractivity contribution in [2.75, 3.05) is 20.1 Å². The number of likely N-dealkylation sites (N-methyl/N-ethyl adjacent to an activating group) is 1. The van der Waals surface area contributed by atoms with Gasteiger partial charge in [-0.15, -0.1) is 36.2 Å². The van der Waals surface area contributed by atoms with Crippen LogP contribution in [0.25, 0.3) is 10.7 Å². The first-order chi connectivity index (χ1) is 10.8. The molecule has 0 bridgehead atoms. The molecular weight excluding hydrogens is 367 g/mol. The molecule has 132 valence electrons. The Hall–Kier alpha value is -1.21. The molecule has 1 atom stereocenters. The Balaban J connectivity index is 0.00000144. The predicted octanol–water partition coefficient (Wildman–Crippen LogP) is 2.80. The van der Waals surface area contributed by atoms with Gasteiger partial charge in [0.1, 0.15) is 5.01 Å². The van der Waals surface area contributed by atoms with Gasteiger partial charge in [0.2, 0.25) is 5.91 Å². The standard InChI is InChI=1S/C16H20N4OS.2ClH/c1-17-10-13-5-4-8-20(13)15(21)9-12-11-22-16(19-12)14-6-2-3-7-18-14;;/h2-3,6-7,11,13,17H,4-5,8-10H2,1H3;2*1H. The number of likely N-dealkylation sites (tertiary alicyclic amines) is 1. The van der Waals surface area contributed by atoms with Gasteiger partial charge in [0, 0.05) is 30.7 Å². The van der Waals surface area contributed by atoms with Gasteiger partial charge in [-0.25, -0.2) is 4.98 Å². The quantitative estimate of drug-likeness (QED) is 0.855. The van der Waals surface area contributed by atoms with Gasteiger partial charge in [0.05, 0.1) is 17.8 Å². The second-order valence-electron chi connectivity index (χ2n) is 5.48. The predicted molar refractivity (Wildman–Crippen MR) is 102 cm³/mol. The summed E-state index contributed by atoms with van der Waals surface area (Å²) in [5.41, 5.74) is 1.70. The summed E-state index contributed by atoms with van der Waals surface area (Å²) in [6.45, 7) is 1.73. The number of halogens is 2. The largest absolute Gasteiger partial charge is 0.338 e. The van der Waals surface area contributed by atoms with Crippen LogP contribution in [0.2, 0.25) is 0 Å². The summed E-state index contributed by atoms with van der Waals surface area (Å²) in [7, 11) is 1.93. The van der Waals surface area contributed by atoms with Gasteiger partial charge in [-0.1, -0.05) is 6.07 Å². The van der Waals surface area contributed by atoms with E-state index in [0.717, 1.165) is 42.3 Å². The Morgan fingerprint density at radius 1 is 1.42 bits per heavy atom. The molecule has 0 radical (unpaired) electrons. The molecule has 1 amide bonds. The van der Waals surface area contributed by atoms with Crippen LogP contribution in [0.4, 0.5) is 0 Å². The Labute approximate surface area is 158 Å². The highest BCUT2D eigenvalue weighted by atomic mass is 35.5. The topological polar surface area (TPSA) is 58.1 Å². The highest BCUT2D eigenvalue weighted by molar-refractivity contribution is 7.13. The molecule has 1 N–H and O–H groups in total. The molecule has 0 saturated carbocycles.